The number of hydrogen-bond acceptors (Lipinski definition) is 4. The number of benzene rings is 2. The summed E-state index contributed by atoms with van der Waals surface area (Å²) in [5, 5.41) is 5.00. The van der Waals surface area contributed by atoms with Gasteiger partial charge in [-0.25, -0.2) is 14.7 Å². The van der Waals surface area contributed by atoms with Crippen molar-refractivity contribution < 1.29 is 9.59 Å². The van der Waals surface area contributed by atoms with Crippen LogP contribution in [0.15, 0.2) is 48.7 Å². The van der Waals surface area contributed by atoms with E-state index in [4.69, 9.17) is 11.6 Å². The molecule has 3 amide bonds. The zero-order chi connectivity index (χ0) is 19.1. The van der Waals surface area contributed by atoms with Crippen molar-refractivity contribution in [3.05, 3.63) is 53.7 Å². The minimum Gasteiger partial charge on any atom is -0.362 e. The van der Waals surface area contributed by atoms with Gasteiger partial charge in [0.1, 0.15) is 5.82 Å². The number of rotatable bonds is 3. The Hall–Kier alpha value is -2.83. The highest BCUT2D eigenvalue weighted by Gasteiger charge is 2.32. The zero-order valence-electron chi connectivity index (χ0n) is 15.3. The number of nitrogens with zero attached hydrogens (tertiary/aromatic N) is 3. The molecule has 1 aliphatic rings. The fourth-order valence-corrected chi connectivity index (χ4v) is 3.50. The first-order valence-corrected chi connectivity index (χ1v) is 8.81. The van der Waals surface area contributed by atoms with E-state index in [9.17, 15) is 9.59 Å². The van der Waals surface area contributed by atoms with Gasteiger partial charge in [-0.05, 0) is 23.6 Å². The predicted octanol–water partition coefficient (Wildman–Crippen LogP) is 4.10. The second-order valence-corrected chi connectivity index (χ2v) is 6.92. The number of para-hydroxylation sites is 1. The molecule has 2 heterocycles. The summed E-state index contributed by atoms with van der Waals surface area (Å²) in [6.07, 6.45) is 1.79. The first kappa shape index (κ1) is 19.9. The van der Waals surface area contributed by atoms with Crippen LogP contribution in [0.5, 0.6) is 0 Å². The first-order chi connectivity index (χ1) is 13.0. The molecule has 1 aromatic heterocycles. The number of imide groups is 1. The molecule has 0 atom stereocenters. The van der Waals surface area contributed by atoms with E-state index in [1.807, 2.05) is 49.3 Å². The molecular formula is C20H18Cl2N4O2. The van der Waals surface area contributed by atoms with Crippen molar-refractivity contribution in [2.75, 3.05) is 30.4 Å². The quantitative estimate of drug-likeness (QED) is 0.652. The van der Waals surface area contributed by atoms with Crippen LogP contribution < -0.4 is 15.1 Å². The lowest BCUT2D eigenvalue weighted by Gasteiger charge is -2.22. The maximum atomic E-state index is 12.3. The largest absolute Gasteiger partial charge is 0.362 e. The molecule has 0 aliphatic carbocycles. The number of carbonyl (C=O) groups excluding carboxylic acids is 2. The van der Waals surface area contributed by atoms with E-state index in [1.165, 1.54) is 4.90 Å². The van der Waals surface area contributed by atoms with Crippen molar-refractivity contribution in [3.8, 4) is 11.1 Å². The third kappa shape index (κ3) is 3.25. The molecule has 0 saturated carbocycles. The van der Waals surface area contributed by atoms with Gasteiger partial charge in [0, 0.05) is 41.8 Å². The van der Waals surface area contributed by atoms with Gasteiger partial charge in [0.2, 0.25) is 0 Å². The zero-order valence-corrected chi connectivity index (χ0v) is 16.8. The number of hydrogen-bond donors (Lipinski definition) is 1. The molecule has 1 fully saturated rings. The number of nitrogens with one attached hydrogen (secondary N) is 1. The van der Waals surface area contributed by atoms with Gasteiger partial charge in [0.15, 0.2) is 0 Å². The smallest absolute Gasteiger partial charge is 0.329 e. The molecule has 28 heavy (non-hydrogen) atoms. The number of urea groups is 1. The molecular weight excluding hydrogens is 399 g/mol. The van der Waals surface area contributed by atoms with E-state index in [0.29, 0.717) is 10.7 Å². The highest BCUT2D eigenvalue weighted by molar-refractivity contribution is 6.31. The molecule has 0 radical (unpaired) electrons. The summed E-state index contributed by atoms with van der Waals surface area (Å²) in [6.45, 7) is -0.00663. The van der Waals surface area contributed by atoms with E-state index < -0.39 is 6.03 Å². The molecule has 4 rings (SSSR count). The summed E-state index contributed by atoms with van der Waals surface area (Å²) in [4.78, 5) is 32.2. The second kappa shape index (κ2) is 7.66. The summed E-state index contributed by atoms with van der Waals surface area (Å²) in [6, 6.07) is 12.5. The Bertz CT molecular complexity index is 1070. The molecule has 0 bridgehead atoms. The summed E-state index contributed by atoms with van der Waals surface area (Å²) < 4.78 is 0. The van der Waals surface area contributed by atoms with E-state index in [2.05, 4.69) is 10.3 Å². The highest BCUT2D eigenvalue weighted by Crippen LogP contribution is 2.41. The monoisotopic (exact) mass is 416 g/mol. The Morgan fingerprint density at radius 2 is 1.89 bits per heavy atom. The van der Waals surface area contributed by atoms with Crippen LogP contribution >= 0.6 is 24.0 Å². The Morgan fingerprint density at radius 1 is 1.14 bits per heavy atom. The standard InChI is InChI=1S/C20H17ClN4O2.ClH/c1-24(2)19-18(15-9-13(21)8-7-12(15)10-22-19)14-5-3-4-6-16(14)25-17(26)11-23-20(25)27;/h3-10H,11H2,1-2H3,(H,23,27);1H. The van der Waals surface area contributed by atoms with E-state index in [1.54, 1.807) is 18.3 Å². The summed E-state index contributed by atoms with van der Waals surface area (Å²) in [5.74, 6) is 0.439. The number of halogens is 2. The fourth-order valence-electron chi connectivity index (χ4n) is 3.32. The molecule has 144 valence electrons. The number of amides is 3. The Kier molecular flexibility index (Phi) is 5.45. The van der Waals surface area contributed by atoms with Crippen LogP contribution in [0.4, 0.5) is 16.3 Å². The number of pyridine rings is 1. The van der Waals surface area contributed by atoms with E-state index >= 15 is 0 Å². The van der Waals surface area contributed by atoms with Gasteiger partial charge in [0.25, 0.3) is 5.91 Å². The van der Waals surface area contributed by atoms with Gasteiger partial charge in [-0.3, -0.25) is 4.79 Å². The summed E-state index contributed by atoms with van der Waals surface area (Å²) in [5.41, 5.74) is 2.09. The Morgan fingerprint density at radius 3 is 2.57 bits per heavy atom. The lowest BCUT2D eigenvalue weighted by atomic mass is 9.97. The number of anilines is 2. The van der Waals surface area contributed by atoms with E-state index in [0.717, 1.165) is 27.7 Å². The Labute approximate surface area is 173 Å². The normalized spacial score (nSPS) is 13.5. The molecule has 0 unspecified atom stereocenters. The SMILES string of the molecule is CN(C)c1ncc2ccc(Cl)cc2c1-c1ccccc1N1C(=O)CNC1=O.Cl. The first-order valence-electron chi connectivity index (χ1n) is 8.43. The average Bonchev–Trinajstić information content (AvgIpc) is 2.99. The van der Waals surface area contributed by atoms with Gasteiger partial charge < -0.3 is 10.2 Å². The van der Waals surface area contributed by atoms with Gasteiger partial charge in [-0.15, -0.1) is 12.4 Å². The summed E-state index contributed by atoms with van der Waals surface area (Å²) >= 11 is 6.26. The minimum absolute atomic E-state index is 0. The fraction of sp³-hybridized carbons (Fsp3) is 0.150. The molecule has 8 heteroatoms. The number of fused-ring (bicyclic) bond motifs is 1. The van der Waals surface area contributed by atoms with Crippen LogP contribution in [0.1, 0.15) is 0 Å². The maximum absolute atomic E-state index is 12.3. The van der Waals surface area contributed by atoms with Crippen LogP contribution in [0.25, 0.3) is 21.9 Å². The van der Waals surface area contributed by atoms with Gasteiger partial charge in [-0.1, -0.05) is 35.9 Å². The summed E-state index contributed by atoms with van der Waals surface area (Å²) in [7, 11) is 3.80. The van der Waals surface area contributed by atoms with Gasteiger partial charge in [-0.2, -0.15) is 0 Å². The molecule has 1 saturated heterocycles. The average molecular weight is 417 g/mol. The van der Waals surface area contributed by atoms with Crippen molar-refractivity contribution in [1.82, 2.24) is 10.3 Å². The maximum Gasteiger partial charge on any atom is 0.329 e. The lowest BCUT2D eigenvalue weighted by Crippen LogP contribution is -2.31. The number of carbonyl (C=O) groups is 2. The van der Waals surface area contributed by atoms with Crippen LogP contribution in [-0.2, 0) is 4.79 Å². The van der Waals surface area contributed by atoms with Crippen molar-refractivity contribution in [3.63, 3.8) is 0 Å². The van der Waals surface area contributed by atoms with Crippen molar-refractivity contribution in [2.24, 2.45) is 0 Å². The van der Waals surface area contributed by atoms with Crippen LogP contribution in [0.3, 0.4) is 0 Å². The number of aromatic nitrogens is 1. The minimum atomic E-state index is -0.426. The lowest BCUT2D eigenvalue weighted by molar-refractivity contribution is -0.115. The predicted molar refractivity (Wildman–Crippen MR) is 115 cm³/mol. The van der Waals surface area contributed by atoms with Gasteiger partial charge >= 0.3 is 6.03 Å². The van der Waals surface area contributed by atoms with Crippen LogP contribution in [0.2, 0.25) is 5.02 Å². The second-order valence-electron chi connectivity index (χ2n) is 6.49. The van der Waals surface area contributed by atoms with Crippen LogP contribution in [-0.4, -0.2) is 37.6 Å². The van der Waals surface area contributed by atoms with Gasteiger partial charge in [0.05, 0.1) is 12.2 Å². The van der Waals surface area contributed by atoms with Crippen molar-refractivity contribution >= 4 is 58.2 Å². The van der Waals surface area contributed by atoms with Crippen LogP contribution in [0, 0.1) is 0 Å². The molecule has 6 nitrogen and oxygen atoms in total. The molecule has 3 aromatic rings. The Balaban J connectivity index is 0.00000225. The van der Waals surface area contributed by atoms with E-state index in [-0.39, 0.29) is 24.9 Å². The molecule has 2 aromatic carbocycles. The molecule has 1 N–H and O–H groups in total. The molecule has 1 aliphatic heterocycles. The topological polar surface area (TPSA) is 65.5 Å². The third-order valence-electron chi connectivity index (χ3n) is 4.52. The highest BCUT2D eigenvalue weighted by atomic mass is 35.5. The van der Waals surface area contributed by atoms with Crippen molar-refractivity contribution in [1.29, 1.82) is 0 Å². The molecule has 0 spiro atoms. The third-order valence-corrected chi connectivity index (χ3v) is 4.75. The van der Waals surface area contributed by atoms with Crippen molar-refractivity contribution in [2.45, 2.75) is 0 Å².